The Morgan fingerprint density at radius 1 is 0.391 bits per heavy atom. The maximum Gasteiger partial charge on any atom is 0.137 e. The molecule has 0 aliphatic carbocycles. The summed E-state index contributed by atoms with van der Waals surface area (Å²) in [4.78, 5) is 6.63. The molecule has 0 bridgehead atoms. The summed E-state index contributed by atoms with van der Waals surface area (Å²) in [7, 11) is 0. The molecule has 0 amide bonds. The van der Waals surface area contributed by atoms with Gasteiger partial charge in [0, 0.05) is 51.7 Å². The van der Waals surface area contributed by atoms with Crippen molar-refractivity contribution < 1.29 is 4.42 Å². The Balaban J connectivity index is 1.19. The summed E-state index contributed by atoms with van der Waals surface area (Å²) >= 11 is 0. The fourth-order valence-electron chi connectivity index (χ4n) is 6.56. The zero-order valence-electron chi connectivity index (χ0n) is 25.0. The van der Waals surface area contributed by atoms with E-state index in [1.807, 2.05) is 18.5 Å². The largest absolute Gasteiger partial charge is 0.456 e. The van der Waals surface area contributed by atoms with Crippen LogP contribution in [0.5, 0.6) is 0 Å². The van der Waals surface area contributed by atoms with Crippen LogP contribution in [-0.4, -0.2) is 4.98 Å². The van der Waals surface area contributed by atoms with Gasteiger partial charge in [-0.05, 0) is 99.1 Å². The average molecular weight is 589 g/mol. The highest BCUT2D eigenvalue weighted by molar-refractivity contribution is 6.10. The van der Waals surface area contributed by atoms with E-state index in [0.29, 0.717) is 0 Å². The number of fused-ring (bicyclic) bond motifs is 5. The third-order valence-electron chi connectivity index (χ3n) is 8.89. The lowest BCUT2D eigenvalue weighted by Gasteiger charge is -2.26. The molecule has 7 aromatic carbocycles. The molecule has 46 heavy (non-hydrogen) atoms. The maximum absolute atomic E-state index is 6.49. The van der Waals surface area contributed by atoms with Gasteiger partial charge in [0.1, 0.15) is 11.2 Å². The predicted molar refractivity (Wildman–Crippen MR) is 192 cm³/mol. The van der Waals surface area contributed by atoms with Crippen molar-refractivity contribution in [3.63, 3.8) is 0 Å². The van der Waals surface area contributed by atoms with Crippen molar-refractivity contribution in [1.82, 2.24) is 4.98 Å². The van der Waals surface area contributed by atoms with Crippen molar-refractivity contribution in [3.8, 4) is 22.3 Å². The molecule has 2 aromatic heterocycles. The zero-order chi connectivity index (χ0) is 30.5. The lowest BCUT2D eigenvalue weighted by Crippen LogP contribution is -2.10. The molecular formula is C43H28N2O. The van der Waals surface area contributed by atoms with Crippen molar-refractivity contribution in [2.75, 3.05) is 4.90 Å². The van der Waals surface area contributed by atoms with E-state index < -0.39 is 0 Å². The molecule has 0 aliphatic rings. The summed E-state index contributed by atoms with van der Waals surface area (Å²) in [5.41, 5.74) is 9.64. The Hall–Kier alpha value is -6.19. The van der Waals surface area contributed by atoms with Gasteiger partial charge in [-0.25, -0.2) is 0 Å². The Morgan fingerprint density at radius 2 is 1.07 bits per heavy atom. The number of benzene rings is 7. The number of rotatable bonds is 5. The minimum atomic E-state index is 0.854. The molecule has 0 N–H and O–H groups in total. The summed E-state index contributed by atoms with van der Waals surface area (Å²) in [6.07, 6.45) is 3.73. The first-order valence-electron chi connectivity index (χ1n) is 15.5. The van der Waals surface area contributed by atoms with Gasteiger partial charge in [-0.3, -0.25) is 4.98 Å². The molecule has 9 aromatic rings. The van der Waals surface area contributed by atoms with Gasteiger partial charge in [-0.1, -0.05) is 91.0 Å². The summed E-state index contributed by atoms with van der Waals surface area (Å²) in [5.74, 6) is 0. The molecule has 0 aliphatic heterocycles. The van der Waals surface area contributed by atoms with Gasteiger partial charge >= 0.3 is 0 Å². The molecule has 3 nitrogen and oxygen atoms in total. The molecular weight excluding hydrogens is 560 g/mol. The second-order valence-electron chi connectivity index (χ2n) is 11.7. The van der Waals surface area contributed by atoms with Gasteiger partial charge in [0.2, 0.25) is 0 Å². The van der Waals surface area contributed by atoms with Gasteiger partial charge in [-0.2, -0.15) is 0 Å². The van der Waals surface area contributed by atoms with Gasteiger partial charge in [-0.15, -0.1) is 0 Å². The zero-order valence-corrected chi connectivity index (χ0v) is 25.0. The third kappa shape index (κ3) is 4.58. The van der Waals surface area contributed by atoms with E-state index in [1.54, 1.807) is 0 Å². The molecule has 0 atom stereocenters. The van der Waals surface area contributed by atoms with E-state index in [-0.39, 0.29) is 0 Å². The van der Waals surface area contributed by atoms with Crippen molar-refractivity contribution >= 4 is 60.5 Å². The third-order valence-corrected chi connectivity index (χ3v) is 8.89. The summed E-state index contributed by atoms with van der Waals surface area (Å²) in [6, 6.07) is 56.1. The van der Waals surface area contributed by atoms with Crippen molar-refractivity contribution in [1.29, 1.82) is 0 Å². The predicted octanol–water partition coefficient (Wildman–Crippen LogP) is 12.1. The van der Waals surface area contributed by atoms with Crippen molar-refractivity contribution in [2.45, 2.75) is 0 Å². The van der Waals surface area contributed by atoms with Gasteiger partial charge in [0.15, 0.2) is 0 Å². The maximum atomic E-state index is 6.49. The highest BCUT2D eigenvalue weighted by atomic mass is 16.3. The lowest BCUT2D eigenvalue weighted by molar-refractivity contribution is 0.669. The summed E-state index contributed by atoms with van der Waals surface area (Å²) < 4.78 is 6.49. The normalized spacial score (nSPS) is 11.5. The number of hydrogen-bond donors (Lipinski definition) is 0. The summed E-state index contributed by atoms with van der Waals surface area (Å²) in [5, 5.41) is 6.89. The van der Waals surface area contributed by atoms with Crippen molar-refractivity contribution in [2.24, 2.45) is 0 Å². The van der Waals surface area contributed by atoms with Crippen LogP contribution in [0.1, 0.15) is 0 Å². The van der Waals surface area contributed by atoms with Gasteiger partial charge in [0.25, 0.3) is 0 Å². The first-order chi connectivity index (χ1) is 22.8. The van der Waals surface area contributed by atoms with E-state index in [4.69, 9.17) is 4.42 Å². The number of aromatic nitrogens is 1. The monoisotopic (exact) mass is 588 g/mol. The highest BCUT2D eigenvalue weighted by Crippen LogP contribution is 2.41. The number of hydrogen-bond acceptors (Lipinski definition) is 3. The number of anilines is 3. The van der Waals surface area contributed by atoms with E-state index in [0.717, 1.165) is 49.8 Å². The van der Waals surface area contributed by atoms with Crippen molar-refractivity contribution in [3.05, 3.63) is 170 Å². The van der Waals surface area contributed by atoms with Crippen LogP contribution in [0.15, 0.2) is 175 Å². The summed E-state index contributed by atoms with van der Waals surface area (Å²) in [6.45, 7) is 0. The molecule has 0 fully saturated rings. The number of nitrogens with zero attached hydrogens (tertiary/aromatic N) is 2. The Bertz CT molecular complexity index is 2530. The van der Waals surface area contributed by atoms with Gasteiger partial charge < -0.3 is 9.32 Å². The fourth-order valence-corrected chi connectivity index (χ4v) is 6.56. The van der Waals surface area contributed by atoms with E-state index in [9.17, 15) is 0 Å². The molecule has 3 heteroatoms. The molecule has 0 spiro atoms. The molecule has 2 heterocycles. The van der Waals surface area contributed by atoms with Crippen LogP contribution in [-0.2, 0) is 0 Å². The average Bonchev–Trinajstić information content (AvgIpc) is 3.48. The molecule has 9 rings (SSSR count). The second kappa shape index (κ2) is 10.8. The van der Waals surface area contributed by atoms with Gasteiger partial charge in [0.05, 0.1) is 0 Å². The van der Waals surface area contributed by atoms with E-state index >= 15 is 0 Å². The minimum Gasteiger partial charge on any atom is -0.456 e. The molecule has 0 saturated carbocycles. The molecule has 0 radical (unpaired) electrons. The molecule has 0 unspecified atom stereocenters. The first kappa shape index (κ1) is 26.2. The molecule has 216 valence electrons. The smallest absolute Gasteiger partial charge is 0.137 e. The minimum absolute atomic E-state index is 0.854. The van der Waals surface area contributed by atoms with Crippen LogP contribution in [0.2, 0.25) is 0 Å². The first-order valence-corrected chi connectivity index (χ1v) is 15.5. The standard InChI is InChI=1S/C43H28N2O/c1-2-7-29(8-3-1)31-15-17-37(18-16-31)45(38-12-6-11-33(24-38)34-14-13-30-9-4-5-10-32(30)23-34)39-19-20-40-41-25-36-28-44-22-21-35(36)26-42(41)46-43(40)27-39/h1-28H. The molecule has 0 saturated heterocycles. The Kier molecular flexibility index (Phi) is 6.14. The van der Waals surface area contributed by atoms with Crippen LogP contribution >= 0.6 is 0 Å². The van der Waals surface area contributed by atoms with Crippen LogP contribution < -0.4 is 4.90 Å². The topological polar surface area (TPSA) is 29.3 Å². The number of furan rings is 1. The van der Waals surface area contributed by atoms with Crippen LogP contribution in [0, 0.1) is 0 Å². The van der Waals surface area contributed by atoms with E-state index in [2.05, 4.69) is 162 Å². The highest BCUT2D eigenvalue weighted by Gasteiger charge is 2.17. The van der Waals surface area contributed by atoms with Crippen LogP contribution in [0.3, 0.4) is 0 Å². The lowest BCUT2D eigenvalue weighted by atomic mass is 10.00. The SMILES string of the molecule is c1ccc(-c2ccc(N(c3cccc(-c4ccc5ccccc5c4)c3)c3ccc4c(c3)oc3cc5ccncc5cc34)cc2)cc1. The fraction of sp³-hybridized carbons (Fsp3) is 0. The number of pyridine rings is 1. The quantitative estimate of drug-likeness (QED) is 0.200. The Labute approximate surface area is 266 Å². The second-order valence-corrected chi connectivity index (χ2v) is 11.7. The van der Waals surface area contributed by atoms with Crippen LogP contribution in [0.4, 0.5) is 17.1 Å². The Morgan fingerprint density at radius 3 is 1.96 bits per heavy atom. The van der Waals surface area contributed by atoms with E-state index in [1.165, 1.54) is 33.0 Å². The van der Waals surface area contributed by atoms with Crippen LogP contribution in [0.25, 0.3) is 65.7 Å².